The molecular weight excluding hydrogens is 344 g/mol. The Labute approximate surface area is 126 Å². The Morgan fingerprint density at radius 3 is 3.00 bits per heavy atom. The van der Waals surface area contributed by atoms with Crippen LogP contribution in [0.1, 0.15) is 5.76 Å². The molecule has 2 heterocycles. The third-order valence-electron chi connectivity index (χ3n) is 2.46. The lowest BCUT2D eigenvalue weighted by molar-refractivity contribution is 0.535. The molecule has 0 N–H and O–H groups in total. The molecule has 3 aromatic rings. The summed E-state index contributed by atoms with van der Waals surface area (Å²) in [6.07, 6.45) is 3.74. The van der Waals surface area contributed by atoms with Crippen molar-refractivity contribution in [2.75, 3.05) is 6.26 Å². The molecule has 0 bridgehead atoms. The van der Waals surface area contributed by atoms with Crippen molar-refractivity contribution >= 4 is 61.1 Å². The molecule has 0 aliphatic rings. The first-order valence-electron chi connectivity index (χ1n) is 5.48. The number of furan rings is 1. The molecule has 6 heteroatoms. The van der Waals surface area contributed by atoms with Crippen molar-refractivity contribution < 1.29 is 4.42 Å². The van der Waals surface area contributed by atoms with Crippen LogP contribution >= 0.6 is 39.0 Å². The van der Waals surface area contributed by atoms with Crippen LogP contribution in [-0.4, -0.2) is 17.5 Å². The van der Waals surface area contributed by atoms with E-state index in [-0.39, 0.29) is 0 Å². The lowest BCUT2D eigenvalue weighted by atomic mass is 10.3. The van der Waals surface area contributed by atoms with Gasteiger partial charge in [-0.15, -0.1) is 11.3 Å². The number of fused-ring (bicyclic) bond motifs is 1. The summed E-state index contributed by atoms with van der Waals surface area (Å²) in [7, 11) is 0. The van der Waals surface area contributed by atoms with E-state index in [2.05, 4.69) is 25.9 Å². The maximum Gasteiger partial charge on any atom is 0.169 e. The molecule has 0 saturated carbocycles. The Hall–Kier alpha value is -1.11. The van der Waals surface area contributed by atoms with Crippen LogP contribution in [0.3, 0.4) is 0 Å². The molecule has 0 aliphatic heterocycles. The normalized spacial score (nSPS) is 11.7. The number of benzene rings is 1. The van der Waals surface area contributed by atoms with Crippen LogP contribution in [0, 0.1) is 0 Å². The molecular formula is C13H9BrN2OS2. The van der Waals surface area contributed by atoms with Gasteiger partial charge in [0.2, 0.25) is 0 Å². The van der Waals surface area contributed by atoms with Gasteiger partial charge in [-0.05, 0) is 52.5 Å². The van der Waals surface area contributed by atoms with Gasteiger partial charge in [0.1, 0.15) is 5.76 Å². The molecule has 1 aromatic carbocycles. The summed E-state index contributed by atoms with van der Waals surface area (Å²) < 4.78 is 8.30. The molecule has 0 amide bonds. The highest BCUT2D eigenvalue weighted by Gasteiger charge is 2.03. The van der Waals surface area contributed by atoms with Crippen molar-refractivity contribution in [1.29, 1.82) is 0 Å². The topological polar surface area (TPSA) is 38.4 Å². The Morgan fingerprint density at radius 1 is 1.37 bits per heavy atom. The molecule has 0 saturated heterocycles. The second-order valence-corrected chi connectivity index (χ2v) is 6.60. The van der Waals surface area contributed by atoms with Gasteiger partial charge in [-0.1, -0.05) is 11.8 Å². The van der Waals surface area contributed by atoms with Crippen LogP contribution in [0.25, 0.3) is 10.2 Å². The molecule has 96 valence electrons. The second-order valence-electron chi connectivity index (χ2n) is 3.74. The van der Waals surface area contributed by atoms with Crippen molar-refractivity contribution in [3.8, 4) is 0 Å². The van der Waals surface area contributed by atoms with Gasteiger partial charge in [0.15, 0.2) is 9.01 Å². The predicted octanol–water partition coefficient (Wildman–Crippen LogP) is 5.12. The van der Waals surface area contributed by atoms with Gasteiger partial charge in [0, 0.05) is 0 Å². The monoisotopic (exact) mass is 352 g/mol. The summed E-state index contributed by atoms with van der Waals surface area (Å²) in [6, 6.07) is 9.71. The van der Waals surface area contributed by atoms with E-state index in [9.17, 15) is 0 Å². The van der Waals surface area contributed by atoms with Gasteiger partial charge in [0.25, 0.3) is 0 Å². The fraction of sp³-hybridized carbons (Fsp3) is 0.0769. The van der Waals surface area contributed by atoms with Crippen LogP contribution in [0.5, 0.6) is 0 Å². The average Bonchev–Trinajstić information content (AvgIpc) is 3.01. The Bertz CT molecular complexity index is 748. The SMILES string of the molecule is CSc1nc2ccc(N=Cc3ccc(Br)o3)cc2s1. The van der Waals surface area contributed by atoms with Crippen LogP contribution < -0.4 is 0 Å². The van der Waals surface area contributed by atoms with Crippen molar-refractivity contribution in [3.63, 3.8) is 0 Å². The molecule has 0 radical (unpaired) electrons. The predicted molar refractivity (Wildman–Crippen MR) is 85.1 cm³/mol. The smallest absolute Gasteiger partial charge is 0.169 e. The molecule has 0 fully saturated rings. The fourth-order valence-corrected chi connectivity index (χ4v) is 3.44. The van der Waals surface area contributed by atoms with E-state index in [1.807, 2.05) is 36.6 Å². The quantitative estimate of drug-likeness (QED) is 0.484. The summed E-state index contributed by atoms with van der Waals surface area (Å²) in [5, 5.41) is 0. The number of nitrogens with zero attached hydrogens (tertiary/aromatic N) is 2. The van der Waals surface area contributed by atoms with Gasteiger partial charge in [-0.2, -0.15) is 0 Å². The summed E-state index contributed by atoms with van der Waals surface area (Å²) in [4.78, 5) is 8.91. The van der Waals surface area contributed by atoms with E-state index < -0.39 is 0 Å². The lowest BCUT2D eigenvalue weighted by Crippen LogP contribution is -1.74. The minimum Gasteiger partial charge on any atom is -0.448 e. The minimum absolute atomic E-state index is 0.705. The molecule has 19 heavy (non-hydrogen) atoms. The second kappa shape index (κ2) is 5.48. The Morgan fingerprint density at radius 2 is 2.26 bits per heavy atom. The van der Waals surface area contributed by atoms with Gasteiger partial charge in [-0.25, -0.2) is 4.98 Å². The molecule has 0 atom stereocenters. The maximum atomic E-state index is 5.37. The number of thioether (sulfide) groups is 1. The number of hydrogen-bond acceptors (Lipinski definition) is 5. The van der Waals surface area contributed by atoms with E-state index in [1.165, 1.54) is 0 Å². The van der Waals surface area contributed by atoms with E-state index in [4.69, 9.17) is 4.42 Å². The lowest BCUT2D eigenvalue weighted by Gasteiger charge is -1.92. The Kier molecular flexibility index (Phi) is 3.72. The highest BCUT2D eigenvalue weighted by molar-refractivity contribution is 9.10. The maximum absolute atomic E-state index is 5.37. The first kappa shape index (κ1) is 12.9. The van der Waals surface area contributed by atoms with Crippen LogP contribution in [0.15, 0.2) is 48.8 Å². The summed E-state index contributed by atoms with van der Waals surface area (Å²) in [6.45, 7) is 0. The van der Waals surface area contributed by atoms with E-state index >= 15 is 0 Å². The number of aromatic nitrogens is 1. The molecule has 0 unspecified atom stereocenters. The van der Waals surface area contributed by atoms with Gasteiger partial charge >= 0.3 is 0 Å². The van der Waals surface area contributed by atoms with Crippen molar-refractivity contribution in [2.24, 2.45) is 4.99 Å². The number of rotatable bonds is 3. The minimum atomic E-state index is 0.705. The largest absolute Gasteiger partial charge is 0.448 e. The number of hydrogen-bond donors (Lipinski definition) is 0. The standard InChI is InChI=1S/C13H9BrN2OS2/c1-18-13-16-10-4-2-8(6-11(10)19-13)15-7-9-3-5-12(14)17-9/h2-7H,1H3. The van der Waals surface area contributed by atoms with Crippen LogP contribution in [0.2, 0.25) is 0 Å². The highest BCUT2D eigenvalue weighted by atomic mass is 79.9. The summed E-state index contributed by atoms with van der Waals surface area (Å²) in [5.74, 6) is 0.723. The van der Waals surface area contributed by atoms with Gasteiger partial charge in [0.05, 0.1) is 22.1 Å². The molecule has 0 spiro atoms. The number of thiazole rings is 1. The third-order valence-corrected chi connectivity index (χ3v) is 4.89. The Balaban J connectivity index is 1.90. The highest BCUT2D eigenvalue weighted by Crippen LogP contribution is 2.30. The van der Waals surface area contributed by atoms with Crippen LogP contribution in [-0.2, 0) is 0 Å². The molecule has 3 rings (SSSR count). The first-order chi connectivity index (χ1) is 9.24. The van der Waals surface area contributed by atoms with Gasteiger partial charge < -0.3 is 4.42 Å². The van der Waals surface area contributed by atoms with Crippen molar-refractivity contribution in [2.45, 2.75) is 4.34 Å². The summed E-state index contributed by atoms with van der Waals surface area (Å²) >= 11 is 6.61. The molecule has 3 nitrogen and oxygen atoms in total. The number of halogens is 1. The zero-order chi connectivity index (χ0) is 13.2. The molecule has 0 aliphatic carbocycles. The number of aliphatic imine (C=N–C) groups is 1. The van der Waals surface area contributed by atoms with Crippen LogP contribution in [0.4, 0.5) is 5.69 Å². The third kappa shape index (κ3) is 2.91. The van der Waals surface area contributed by atoms with Gasteiger partial charge in [-0.3, -0.25) is 4.99 Å². The zero-order valence-electron chi connectivity index (χ0n) is 9.96. The summed E-state index contributed by atoms with van der Waals surface area (Å²) in [5.41, 5.74) is 1.92. The average molecular weight is 353 g/mol. The first-order valence-corrected chi connectivity index (χ1v) is 8.32. The van der Waals surface area contributed by atoms with Crippen molar-refractivity contribution in [1.82, 2.24) is 4.98 Å². The zero-order valence-corrected chi connectivity index (χ0v) is 13.2. The van der Waals surface area contributed by atoms with E-state index in [0.29, 0.717) is 4.67 Å². The van der Waals surface area contributed by atoms with E-state index in [1.54, 1.807) is 29.3 Å². The van der Waals surface area contributed by atoms with Crippen molar-refractivity contribution in [3.05, 3.63) is 40.8 Å². The fourth-order valence-electron chi connectivity index (χ4n) is 1.60. The van der Waals surface area contributed by atoms with E-state index in [0.717, 1.165) is 26.0 Å². The molecule has 2 aromatic heterocycles.